The highest BCUT2D eigenvalue weighted by molar-refractivity contribution is 5.79. The third-order valence-electron chi connectivity index (χ3n) is 5.04. The molecule has 2 aliphatic rings. The van der Waals surface area contributed by atoms with Gasteiger partial charge in [-0.3, -0.25) is 10.1 Å². The lowest BCUT2D eigenvalue weighted by molar-refractivity contribution is -0.148. The predicted octanol–water partition coefficient (Wildman–Crippen LogP) is 1.86. The van der Waals surface area contributed by atoms with Gasteiger partial charge in [-0.25, -0.2) is 0 Å². The Morgan fingerprint density at radius 2 is 1.90 bits per heavy atom. The Morgan fingerprint density at radius 1 is 1.30 bits per heavy atom. The van der Waals surface area contributed by atoms with Crippen LogP contribution in [0.4, 0.5) is 0 Å². The van der Waals surface area contributed by atoms with Crippen LogP contribution >= 0.6 is 0 Å². The minimum absolute atomic E-state index is 0.410. The number of piperidine rings is 1. The Labute approximate surface area is 119 Å². The maximum atomic E-state index is 11.8. The zero-order valence-corrected chi connectivity index (χ0v) is 11.9. The summed E-state index contributed by atoms with van der Waals surface area (Å²) in [6, 6.07) is 10.8. The number of hydrogen-bond acceptors (Lipinski definition) is 3. The third kappa shape index (κ3) is 2.34. The van der Waals surface area contributed by atoms with Crippen molar-refractivity contribution in [3.05, 3.63) is 35.9 Å². The molecule has 0 spiro atoms. The van der Waals surface area contributed by atoms with Gasteiger partial charge in [-0.05, 0) is 38.3 Å². The summed E-state index contributed by atoms with van der Waals surface area (Å²) < 4.78 is 0. The molecule has 0 saturated carbocycles. The first-order chi connectivity index (χ1) is 9.61. The van der Waals surface area contributed by atoms with Crippen LogP contribution in [0.1, 0.15) is 31.2 Å². The molecule has 2 unspecified atom stereocenters. The smallest absolute Gasteiger partial charge is 0.324 e. The van der Waals surface area contributed by atoms with Crippen molar-refractivity contribution in [3.63, 3.8) is 0 Å². The molecule has 0 aliphatic carbocycles. The van der Waals surface area contributed by atoms with Gasteiger partial charge in [-0.1, -0.05) is 30.3 Å². The maximum Gasteiger partial charge on any atom is 0.324 e. The van der Waals surface area contributed by atoms with Gasteiger partial charge in [0.2, 0.25) is 0 Å². The van der Waals surface area contributed by atoms with Gasteiger partial charge in [0.15, 0.2) is 0 Å². The van der Waals surface area contributed by atoms with E-state index in [4.69, 9.17) is 0 Å². The molecule has 2 aliphatic heterocycles. The van der Waals surface area contributed by atoms with Gasteiger partial charge in [0.25, 0.3) is 0 Å². The number of carboxylic acid groups (broad SMARTS) is 1. The normalized spacial score (nSPS) is 33.2. The van der Waals surface area contributed by atoms with Crippen molar-refractivity contribution in [3.8, 4) is 0 Å². The molecular formula is C16H22N2O2. The summed E-state index contributed by atoms with van der Waals surface area (Å²) in [5.41, 5.74) is 0.383. The first-order valence-corrected chi connectivity index (χ1v) is 7.35. The predicted molar refractivity (Wildman–Crippen MR) is 77.5 cm³/mol. The van der Waals surface area contributed by atoms with Crippen molar-refractivity contribution in [1.29, 1.82) is 0 Å². The van der Waals surface area contributed by atoms with E-state index in [0.29, 0.717) is 31.5 Å². The average molecular weight is 274 g/mol. The summed E-state index contributed by atoms with van der Waals surface area (Å²) >= 11 is 0. The molecule has 20 heavy (non-hydrogen) atoms. The van der Waals surface area contributed by atoms with E-state index in [0.717, 1.165) is 18.4 Å². The van der Waals surface area contributed by atoms with Crippen LogP contribution < -0.4 is 5.32 Å². The second-order valence-corrected chi connectivity index (χ2v) is 6.19. The second kappa shape index (κ2) is 5.19. The Kier molecular flexibility index (Phi) is 3.52. The molecule has 2 bridgehead atoms. The maximum absolute atomic E-state index is 11.8. The van der Waals surface area contributed by atoms with Gasteiger partial charge in [0, 0.05) is 18.6 Å². The molecule has 0 aromatic heterocycles. The number of benzene rings is 1. The van der Waals surface area contributed by atoms with E-state index in [9.17, 15) is 9.90 Å². The largest absolute Gasteiger partial charge is 0.480 e. The molecule has 1 aromatic rings. The lowest BCUT2D eigenvalue weighted by Gasteiger charge is -2.43. The van der Waals surface area contributed by atoms with Gasteiger partial charge in [0.1, 0.15) is 5.54 Å². The zero-order chi connectivity index (χ0) is 14.2. The fraction of sp³-hybridized carbons (Fsp3) is 0.562. The second-order valence-electron chi connectivity index (χ2n) is 6.19. The van der Waals surface area contributed by atoms with Crippen molar-refractivity contribution in [2.24, 2.45) is 0 Å². The average Bonchev–Trinajstić information content (AvgIpc) is 2.68. The summed E-state index contributed by atoms with van der Waals surface area (Å²) in [5, 5.41) is 13.1. The van der Waals surface area contributed by atoms with Crippen LogP contribution in [0.15, 0.2) is 30.3 Å². The van der Waals surface area contributed by atoms with Crippen LogP contribution in [-0.2, 0) is 11.3 Å². The number of nitrogens with one attached hydrogen (secondary N) is 1. The fourth-order valence-corrected chi connectivity index (χ4v) is 3.73. The fourth-order valence-electron chi connectivity index (χ4n) is 3.73. The summed E-state index contributed by atoms with van der Waals surface area (Å²) in [7, 11) is 2.13. The molecule has 1 aromatic carbocycles. The van der Waals surface area contributed by atoms with Gasteiger partial charge in [-0.15, -0.1) is 0 Å². The highest BCUT2D eigenvalue weighted by atomic mass is 16.4. The van der Waals surface area contributed by atoms with E-state index in [1.165, 1.54) is 0 Å². The lowest BCUT2D eigenvalue weighted by Crippen LogP contribution is -2.60. The topological polar surface area (TPSA) is 52.6 Å². The Balaban J connectivity index is 1.75. The molecule has 2 atom stereocenters. The van der Waals surface area contributed by atoms with E-state index in [2.05, 4.69) is 17.3 Å². The minimum atomic E-state index is -0.756. The van der Waals surface area contributed by atoms with Crippen molar-refractivity contribution in [1.82, 2.24) is 10.2 Å². The van der Waals surface area contributed by atoms with Crippen LogP contribution in [0.25, 0.3) is 0 Å². The third-order valence-corrected chi connectivity index (χ3v) is 5.04. The quantitative estimate of drug-likeness (QED) is 0.880. The zero-order valence-electron chi connectivity index (χ0n) is 11.9. The van der Waals surface area contributed by atoms with Crippen molar-refractivity contribution < 1.29 is 9.90 Å². The van der Waals surface area contributed by atoms with Crippen LogP contribution in [0.5, 0.6) is 0 Å². The Hall–Kier alpha value is -1.39. The van der Waals surface area contributed by atoms with E-state index >= 15 is 0 Å². The van der Waals surface area contributed by atoms with Gasteiger partial charge in [-0.2, -0.15) is 0 Å². The highest BCUT2D eigenvalue weighted by Crippen LogP contribution is 2.40. The molecule has 2 saturated heterocycles. The first kappa shape index (κ1) is 13.6. The number of carboxylic acids is 1. The molecule has 108 valence electrons. The number of hydrogen-bond donors (Lipinski definition) is 2. The summed E-state index contributed by atoms with van der Waals surface area (Å²) in [4.78, 5) is 14.2. The number of aliphatic carboxylic acids is 1. The first-order valence-electron chi connectivity index (χ1n) is 7.35. The SMILES string of the molecule is CN1C2CCC1CC(NCc1ccccc1)(C(=O)O)C2. The van der Waals surface area contributed by atoms with Gasteiger partial charge in [0.05, 0.1) is 0 Å². The molecule has 0 radical (unpaired) electrons. The number of rotatable bonds is 4. The van der Waals surface area contributed by atoms with E-state index in [1.807, 2.05) is 30.3 Å². The van der Waals surface area contributed by atoms with Gasteiger partial charge < -0.3 is 10.0 Å². The molecule has 2 N–H and O–H groups in total. The molecule has 2 fully saturated rings. The van der Waals surface area contributed by atoms with Crippen molar-refractivity contribution in [2.45, 2.75) is 49.9 Å². The van der Waals surface area contributed by atoms with Crippen LogP contribution in [0.2, 0.25) is 0 Å². The number of fused-ring (bicyclic) bond motifs is 2. The molecule has 0 amide bonds. The molecule has 4 nitrogen and oxygen atoms in total. The van der Waals surface area contributed by atoms with Crippen molar-refractivity contribution >= 4 is 5.97 Å². The van der Waals surface area contributed by atoms with E-state index in [1.54, 1.807) is 0 Å². The molecule has 4 heteroatoms. The van der Waals surface area contributed by atoms with Crippen LogP contribution in [0.3, 0.4) is 0 Å². The lowest BCUT2D eigenvalue weighted by atomic mass is 9.82. The summed E-state index contributed by atoms with van der Waals surface area (Å²) in [5.74, 6) is -0.696. The summed E-state index contributed by atoms with van der Waals surface area (Å²) in [6.07, 6.45) is 3.68. The monoisotopic (exact) mass is 274 g/mol. The van der Waals surface area contributed by atoms with Crippen molar-refractivity contribution in [2.75, 3.05) is 7.05 Å². The van der Waals surface area contributed by atoms with Gasteiger partial charge >= 0.3 is 5.97 Å². The summed E-state index contributed by atoms with van der Waals surface area (Å²) in [6.45, 7) is 0.621. The Bertz CT molecular complexity index is 475. The standard InChI is InChI=1S/C16H22N2O2/c1-18-13-7-8-14(18)10-16(9-13,15(19)20)17-11-12-5-3-2-4-6-12/h2-6,13-14,17H,7-11H2,1H3,(H,19,20). The number of nitrogens with zero attached hydrogens (tertiary/aromatic N) is 1. The van der Waals surface area contributed by atoms with E-state index < -0.39 is 11.5 Å². The molecule has 3 rings (SSSR count). The molecular weight excluding hydrogens is 252 g/mol. The van der Waals surface area contributed by atoms with Crippen LogP contribution in [0, 0.1) is 0 Å². The van der Waals surface area contributed by atoms with E-state index in [-0.39, 0.29) is 0 Å². The highest BCUT2D eigenvalue weighted by Gasteiger charge is 2.50. The molecule has 2 heterocycles. The number of carbonyl (C=O) groups is 1. The van der Waals surface area contributed by atoms with Crippen LogP contribution in [-0.4, -0.2) is 40.6 Å². The minimum Gasteiger partial charge on any atom is -0.480 e. The Morgan fingerprint density at radius 3 is 2.45 bits per heavy atom.